The van der Waals surface area contributed by atoms with Gasteiger partial charge < -0.3 is 81.4 Å². The van der Waals surface area contributed by atoms with Crippen molar-refractivity contribution < 1.29 is 38.4 Å². The molecule has 0 aliphatic carbocycles. The standard InChI is InChI=1S/C43H49N25O8/c1-63-16-26(51-30(63)38(71)48-11-9-22(44)45)59-42(75)34-55-28(18-67(34)5)61-40(73)32-53-24(14-65(32)3)57-36(69)20-7-8-21(50-13-20)37(70)58-25-15-66(4)33(54-25)41(74)62-29-19-68(6)35(56-29)43(76)60-27-17-64(2)31(52-27)39(72)49-12-10-23(46)47/h7-8,13-19H,9-12H2,1-6H3,(H3,44,45)(H3,46,47)(H,48,71)(H,49,72)(H,57,69)(H,58,70)(H,59,75)(H,60,76)(H,61,73)(H,62,74). The highest BCUT2D eigenvalue weighted by molar-refractivity contribution is 6.08. The number of anilines is 6. The van der Waals surface area contributed by atoms with E-state index in [1.165, 1.54) is 105 Å². The smallest absolute Gasteiger partial charge is 0.292 e. The average Bonchev–Trinajstić information content (AvgIpc) is 4.22. The molecule has 14 N–H and O–H groups in total. The van der Waals surface area contributed by atoms with Gasteiger partial charge in [-0.1, -0.05) is 0 Å². The minimum atomic E-state index is -0.733. The number of carbonyl (C=O) groups is 8. The highest BCUT2D eigenvalue weighted by Gasteiger charge is 2.24. The molecule has 0 radical (unpaired) electrons. The predicted octanol–water partition coefficient (Wildman–Crippen LogP) is -0.892. The molecule has 0 saturated heterocycles. The maximum absolute atomic E-state index is 13.3. The molecule has 76 heavy (non-hydrogen) atoms. The first-order valence-corrected chi connectivity index (χ1v) is 22.3. The Hall–Kier alpha value is -10.9. The quantitative estimate of drug-likeness (QED) is 0.0325. The van der Waals surface area contributed by atoms with Gasteiger partial charge in [0.2, 0.25) is 34.9 Å². The third-order valence-corrected chi connectivity index (χ3v) is 10.5. The summed E-state index contributed by atoms with van der Waals surface area (Å²) >= 11 is 0. The Kier molecular flexibility index (Phi) is 15.5. The average molecular weight is 1040 g/mol. The van der Waals surface area contributed by atoms with Crippen LogP contribution in [0.5, 0.6) is 0 Å². The van der Waals surface area contributed by atoms with Gasteiger partial charge in [-0.3, -0.25) is 54.2 Å². The molecule has 394 valence electrons. The van der Waals surface area contributed by atoms with Crippen molar-refractivity contribution in [1.82, 2.24) is 72.9 Å². The van der Waals surface area contributed by atoms with Gasteiger partial charge in [0.05, 0.1) is 17.2 Å². The molecule has 0 aliphatic rings. The summed E-state index contributed by atoms with van der Waals surface area (Å²) in [5, 5.41) is 35.1. The number of nitrogens with two attached hydrogens (primary N) is 2. The van der Waals surface area contributed by atoms with Crippen molar-refractivity contribution in [2.24, 2.45) is 53.8 Å². The maximum Gasteiger partial charge on any atom is 0.292 e. The number of imidazole rings is 6. The van der Waals surface area contributed by atoms with Crippen molar-refractivity contribution in [2.45, 2.75) is 12.8 Å². The highest BCUT2D eigenvalue weighted by atomic mass is 16.2. The minimum Gasteiger partial charge on any atom is -0.388 e. The zero-order valence-corrected chi connectivity index (χ0v) is 41.3. The summed E-state index contributed by atoms with van der Waals surface area (Å²) in [5.74, 6) is -5.93. The van der Waals surface area contributed by atoms with E-state index < -0.39 is 47.3 Å². The van der Waals surface area contributed by atoms with Crippen molar-refractivity contribution in [3.8, 4) is 0 Å². The van der Waals surface area contributed by atoms with E-state index in [0.717, 1.165) is 6.20 Å². The lowest BCUT2D eigenvalue weighted by Crippen LogP contribution is -2.29. The fourth-order valence-electron chi connectivity index (χ4n) is 6.93. The van der Waals surface area contributed by atoms with E-state index in [-0.39, 0.29) is 119 Å². The zero-order valence-electron chi connectivity index (χ0n) is 41.3. The molecule has 0 saturated carbocycles. The second-order valence-corrected chi connectivity index (χ2v) is 16.6. The molecule has 33 heteroatoms. The van der Waals surface area contributed by atoms with Crippen LogP contribution in [0.15, 0.2) is 55.5 Å². The van der Waals surface area contributed by atoms with Gasteiger partial charge in [0.25, 0.3) is 47.3 Å². The Balaban J connectivity index is 0.891. The van der Waals surface area contributed by atoms with E-state index in [4.69, 9.17) is 22.3 Å². The Bertz CT molecular complexity index is 3250. The Morgan fingerprint density at radius 3 is 0.934 bits per heavy atom. The summed E-state index contributed by atoms with van der Waals surface area (Å²) < 4.78 is 8.20. The van der Waals surface area contributed by atoms with Gasteiger partial charge >= 0.3 is 0 Å². The van der Waals surface area contributed by atoms with Crippen LogP contribution in [-0.4, -0.2) is 134 Å². The summed E-state index contributed by atoms with van der Waals surface area (Å²) in [6.45, 7) is 0.255. The molecule has 33 nitrogen and oxygen atoms in total. The van der Waals surface area contributed by atoms with Crippen LogP contribution in [0.3, 0.4) is 0 Å². The van der Waals surface area contributed by atoms with Crippen molar-refractivity contribution >= 4 is 93.8 Å². The van der Waals surface area contributed by atoms with Gasteiger partial charge in [-0.15, -0.1) is 0 Å². The Morgan fingerprint density at radius 1 is 0.408 bits per heavy atom. The number of amides is 8. The number of hydrogen-bond donors (Lipinski definition) is 12. The number of nitrogens with one attached hydrogen (secondary N) is 10. The first kappa shape index (κ1) is 52.9. The molecule has 7 heterocycles. The molecular formula is C43H49N25O8. The molecule has 0 bridgehead atoms. The lowest BCUT2D eigenvalue weighted by atomic mass is 10.2. The van der Waals surface area contributed by atoms with Crippen LogP contribution in [0.2, 0.25) is 0 Å². The molecule has 0 fully saturated rings. The topological polar surface area (TPSA) is 452 Å². The largest absolute Gasteiger partial charge is 0.388 e. The number of amidine groups is 2. The predicted molar refractivity (Wildman–Crippen MR) is 269 cm³/mol. The van der Waals surface area contributed by atoms with Gasteiger partial charge in [0, 0.05) is 112 Å². The molecule has 0 aliphatic heterocycles. The zero-order chi connectivity index (χ0) is 55.1. The number of nitrogens with zero attached hydrogens (tertiary/aromatic N) is 13. The third-order valence-electron chi connectivity index (χ3n) is 10.5. The fourth-order valence-corrected chi connectivity index (χ4v) is 6.93. The number of carbonyl (C=O) groups excluding carboxylic acids is 8. The fraction of sp³-hybridized carbons (Fsp3) is 0.233. The molecule has 7 aromatic rings. The summed E-state index contributed by atoms with van der Waals surface area (Å²) in [5.41, 5.74) is 10.6. The Labute approximate surface area is 428 Å². The van der Waals surface area contributed by atoms with Crippen LogP contribution in [-0.2, 0) is 42.3 Å². The molecule has 0 spiro atoms. The van der Waals surface area contributed by atoms with E-state index >= 15 is 0 Å². The van der Waals surface area contributed by atoms with Crippen LogP contribution < -0.4 is 54.0 Å². The summed E-state index contributed by atoms with van der Waals surface area (Å²) in [6.07, 6.45) is 9.81. The second kappa shape index (κ2) is 22.3. The van der Waals surface area contributed by atoms with E-state index in [1.807, 2.05) is 0 Å². The number of hydrogen-bond acceptors (Lipinski definition) is 17. The van der Waals surface area contributed by atoms with E-state index in [9.17, 15) is 38.4 Å². The molecule has 7 aromatic heterocycles. The van der Waals surface area contributed by atoms with Crippen LogP contribution in [0, 0.1) is 10.8 Å². The first-order chi connectivity index (χ1) is 36.0. The van der Waals surface area contributed by atoms with E-state index in [2.05, 4.69) is 77.4 Å². The van der Waals surface area contributed by atoms with Crippen LogP contribution >= 0.6 is 0 Å². The van der Waals surface area contributed by atoms with Gasteiger partial charge in [-0.05, 0) is 12.1 Å². The number of aryl methyl sites for hydroxylation is 6. The Morgan fingerprint density at radius 2 is 0.671 bits per heavy atom. The molecule has 7 rings (SSSR count). The summed E-state index contributed by atoms with van der Waals surface area (Å²) in [4.78, 5) is 133. The van der Waals surface area contributed by atoms with Crippen molar-refractivity contribution in [1.29, 1.82) is 10.8 Å². The molecule has 8 amide bonds. The molecular weight excluding hydrogens is 995 g/mol. The van der Waals surface area contributed by atoms with Crippen molar-refractivity contribution in [3.63, 3.8) is 0 Å². The minimum absolute atomic E-state index is 0.00174. The maximum atomic E-state index is 13.3. The molecule has 0 atom stereocenters. The second-order valence-electron chi connectivity index (χ2n) is 16.6. The van der Waals surface area contributed by atoms with Gasteiger partial charge in [0.15, 0.2) is 34.9 Å². The van der Waals surface area contributed by atoms with E-state index in [0.29, 0.717) is 0 Å². The van der Waals surface area contributed by atoms with Gasteiger partial charge in [0.1, 0.15) is 5.69 Å². The lowest BCUT2D eigenvalue weighted by molar-refractivity contribution is 0.0933. The first-order valence-electron chi connectivity index (χ1n) is 22.3. The monoisotopic (exact) mass is 1040 g/mol. The van der Waals surface area contributed by atoms with Crippen LogP contribution in [0.1, 0.15) is 97.4 Å². The van der Waals surface area contributed by atoms with Gasteiger partial charge in [-0.25, -0.2) is 29.9 Å². The molecule has 0 unspecified atom stereocenters. The highest BCUT2D eigenvalue weighted by Crippen LogP contribution is 2.18. The normalized spacial score (nSPS) is 10.8. The lowest BCUT2D eigenvalue weighted by Gasteiger charge is -2.04. The van der Waals surface area contributed by atoms with E-state index in [1.54, 1.807) is 14.1 Å². The number of rotatable bonds is 20. The SMILES string of the molecule is Cn1cc(NC(=O)c2nc(NC(=O)c3nc(NC(=O)c4ccc(C(=O)Nc5cn(C)c(C(=O)Nc6cn(C)c(C(=O)Nc7cn(C)c(C(=O)NCCC(=N)N)n7)n6)n5)nc4)cn3C)cn2C)nc1C(=O)NCCC(=N)N. The summed E-state index contributed by atoms with van der Waals surface area (Å²) in [7, 11) is 9.18. The van der Waals surface area contributed by atoms with Crippen molar-refractivity contribution in [2.75, 3.05) is 45.0 Å². The molecule has 0 aromatic carbocycles. The van der Waals surface area contributed by atoms with Crippen LogP contribution in [0.4, 0.5) is 34.9 Å². The van der Waals surface area contributed by atoms with Crippen molar-refractivity contribution in [3.05, 3.63) is 102 Å². The summed E-state index contributed by atoms with van der Waals surface area (Å²) in [6, 6.07) is 2.61. The third kappa shape index (κ3) is 12.6. The number of aromatic nitrogens is 13. The number of pyridine rings is 1. The van der Waals surface area contributed by atoms with Crippen LogP contribution in [0.25, 0.3) is 0 Å². The van der Waals surface area contributed by atoms with Gasteiger partial charge in [-0.2, -0.15) is 0 Å².